The van der Waals surface area contributed by atoms with E-state index in [0.717, 1.165) is 13.7 Å². The topological polar surface area (TPSA) is 22.1 Å². The molecule has 0 aliphatic carbocycles. The third-order valence-corrected chi connectivity index (χ3v) is 5.12. The maximum absolute atomic E-state index is 12.1. The van der Waals surface area contributed by atoms with E-state index in [4.69, 9.17) is 0 Å². The van der Waals surface area contributed by atoms with Crippen LogP contribution >= 0.6 is 38.5 Å². The molecule has 0 N–H and O–H groups in total. The van der Waals surface area contributed by atoms with Gasteiger partial charge in [-0.15, -0.1) is 13.2 Å². The molecule has 0 aliphatic rings. The fraction of sp³-hybridized carbons (Fsp3) is 0.182. The van der Waals surface area contributed by atoms with Crippen LogP contribution in [0.2, 0.25) is 0 Å². The molecule has 1 aromatic carbocycles. The quantitative estimate of drug-likeness (QED) is 0.604. The van der Waals surface area contributed by atoms with Crippen molar-refractivity contribution in [1.29, 1.82) is 0 Å². The molecule has 2 rings (SSSR count). The largest absolute Gasteiger partial charge is 0.573 e. The fourth-order valence-corrected chi connectivity index (χ4v) is 2.51. The monoisotopic (exact) mass is 431 g/mol. The van der Waals surface area contributed by atoms with Gasteiger partial charge >= 0.3 is 6.36 Å². The van der Waals surface area contributed by atoms with Crippen LogP contribution < -0.4 is 4.74 Å². The van der Waals surface area contributed by atoms with Crippen molar-refractivity contribution < 1.29 is 17.9 Å². The van der Waals surface area contributed by atoms with E-state index in [1.165, 1.54) is 18.2 Å². The number of hydrogen-bond acceptors (Lipinski definition) is 2. The average Bonchev–Trinajstić information content (AvgIpc) is 2.25. The molecule has 1 heterocycles. The molecule has 0 saturated heterocycles. The Morgan fingerprint density at radius 3 is 2.61 bits per heavy atom. The predicted molar refractivity (Wildman–Crippen MR) is 73.6 cm³/mol. The highest BCUT2D eigenvalue weighted by atomic mass is 127. The number of nitrogens with zero attached hydrogens (tertiary/aromatic N) is 1. The molecule has 2 aromatic rings. The number of rotatable bonds is 1. The molecule has 0 atom stereocenters. The summed E-state index contributed by atoms with van der Waals surface area (Å²) in [5, 5.41) is 0.590. The molecule has 0 fully saturated rings. The third-order valence-electron chi connectivity index (χ3n) is 2.24. The van der Waals surface area contributed by atoms with E-state index in [1.807, 2.05) is 6.92 Å². The number of aromatic nitrogens is 1. The van der Waals surface area contributed by atoms with Crippen LogP contribution in [-0.2, 0) is 0 Å². The summed E-state index contributed by atoms with van der Waals surface area (Å²) in [6.45, 7) is 1.84. The maximum atomic E-state index is 12.1. The van der Waals surface area contributed by atoms with E-state index in [-0.39, 0.29) is 5.75 Å². The van der Waals surface area contributed by atoms with Gasteiger partial charge in [-0.1, -0.05) is 0 Å². The van der Waals surface area contributed by atoms with E-state index in [9.17, 15) is 13.2 Å². The van der Waals surface area contributed by atoms with Gasteiger partial charge in [0.25, 0.3) is 0 Å². The van der Waals surface area contributed by atoms with Gasteiger partial charge < -0.3 is 4.74 Å². The average molecular weight is 432 g/mol. The molecule has 0 radical (unpaired) electrons. The second kappa shape index (κ2) is 4.84. The smallest absolute Gasteiger partial charge is 0.406 e. The number of aryl methyl sites for hydroxylation is 1. The lowest BCUT2D eigenvalue weighted by Gasteiger charge is -2.11. The van der Waals surface area contributed by atoms with E-state index in [2.05, 4.69) is 48.2 Å². The first kappa shape index (κ1) is 13.9. The number of ether oxygens (including phenoxy) is 1. The van der Waals surface area contributed by atoms with E-state index in [1.54, 1.807) is 0 Å². The molecule has 0 spiro atoms. The molecular formula is C11H6BrF3INO. The first-order chi connectivity index (χ1) is 8.28. The van der Waals surface area contributed by atoms with E-state index >= 15 is 0 Å². The zero-order chi connectivity index (χ0) is 13.5. The van der Waals surface area contributed by atoms with Gasteiger partial charge in [-0.2, -0.15) is 0 Å². The number of benzene rings is 1. The summed E-state index contributed by atoms with van der Waals surface area (Å²) >= 11 is 5.45. The molecule has 0 saturated carbocycles. The second-order valence-electron chi connectivity index (χ2n) is 3.55. The maximum Gasteiger partial charge on any atom is 0.573 e. The van der Waals surface area contributed by atoms with Crippen LogP contribution in [0.1, 0.15) is 5.69 Å². The molecule has 2 nitrogen and oxygen atoms in total. The highest BCUT2D eigenvalue weighted by molar-refractivity contribution is 14.1. The van der Waals surface area contributed by atoms with Crippen LogP contribution in [-0.4, -0.2) is 11.3 Å². The molecule has 0 bridgehead atoms. The molecule has 96 valence electrons. The fourth-order valence-electron chi connectivity index (χ4n) is 1.49. The van der Waals surface area contributed by atoms with Crippen molar-refractivity contribution in [1.82, 2.24) is 4.98 Å². The Labute approximate surface area is 123 Å². The summed E-state index contributed by atoms with van der Waals surface area (Å²) in [5.41, 5.74) is 1.44. The Bertz CT molecular complexity index is 615. The zero-order valence-electron chi connectivity index (χ0n) is 8.98. The summed E-state index contributed by atoms with van der Waals surface area (Å²) in [5.74, 6) is -0.253. The lowest BCUT2D eigenvalue weighted by atomic mass is 10.2. The molecular weight excluding hydrogens is 426 g/mol. The number of hydrogen-bond donors (Lipinski definition) is 0. The van der Waals surface area contributed by atoms with Crippen molar-refractivity contribution in [3.05, 3.63) is 31.9 Å². The minimum atomic E-state index is -4.69. The zero-order valence-corrected chi connectivity index (χ0v) is 12.7. The van der Waals surface area contributed by atoms with Crippen LogP contribution in [0.3, 0.4) is 0 Å². The van der Waals surface area contributed by atoms with E-state index in [0.29, 0.717) is 10.9 Å². The summed E-state index contributed by atoms with van der Waals surface area (Å²) < 4.78 is 41.9. The van der Waals surface area contributed by atoms with Gasteiger partial charge in [-0.05, 0) is 63.6 Å². The number of fused-ring (bicyclic) bond motifs is 1. The van der Waals surface area contributed by atoms with Crippen molar-refractivity contribution in [3.63, 3.8) is 0 Å². The molecule has 1 aromatic heterocycles. The van der Waals surface area contributed by atoms with Crippen molar-refractivity contribution >= 4 is 49.4 Å². The van der Waals surface area contributed by atoms with Crippen molar-refractivity contribution in [2.45, 2.75) is 13.3 Å². The lowest BCUT2D eigenvalue weighted by Crippen LogP contribution is -2.17. The number of pyridine rings is 1. The van der Waals surface area contributed by atoms with Crippen molar-refractivity contribution in [2.24, 2.45) is 0 Å². The standard InChI is InChI=1S/C11H6BrF3INO/c1-5-10(16)9(12)7-4-6(18-11(13,14)15)2-3-8(7)17-5/h2-4H,1H3. The number of halogens is 5. The van der Waals surface area contributed by atoms with Crippen LogP contribution in [0.25, 0.3) is 10.9 Å². The molecule has 18 heavy (non-hydrogen) atoms. The predicted octanol–water partition coefficient (Wildman–Crippen LogP) is 4.81. The van der Waals surface area contributed by atoms with Crippen LogP contribution in [0.4, 0.5) is 13.2 Å². The van der Waals surface area contributed by atoms with Gasteiger partial charge in [0.1, 0.15) is 5.75 Å². The second-order valence-corrected chi connectivity index (χ2v) is 5.42. The normalized spacial score (nSPS) is 11.9. The highest BCUT2D eigenvalue weighted by Gasteiger charge is 2.31. The van der Waals surface area contributed by atoms with Gasteiger partial charge in [0.2, 0.25) is 0 Å². The summed E-state index contributed by atoms with van der Waals surface area (Å²) in [6.07, 6.45) is -4.69. The van der Waals surface area contributed by atoms with Gasteiger partial charge in [0.15, 0.2) is 0 Å². The van der Waals surface area contributed by atoms with Crippen LogP contribution in [0.15, 0.2) is 22.7 Å². The SMILES string of the molecule is Cc1nc2ccc(OC(F)(F)F)cc2c(Br)c1I. The van der Waals surface area contributed by atoms with E-state index < -0.39 is 6.36 Å². The third kappa shape index (κ3) is 2.87. The lowest BCUT2D eigenvalue weighted by molar-refractivity contribution is -0.274. The molecule has 0 amide bonds. The van der Waals surface area contributed by atoms with Crippen LogP contribution in [0.5, 0.6) is 5.75 Å². The summed E-state index contributed by atoms with van der Waals surface area (Å²) in [4.78, 5) is 4.30. The minimum Gasteiger partial charge on any atom is -0.406 e. The Balaban J connectivity index is 2.58. The Hall–Kier alpha value is -0.570. The van der Waals surface area contributed by atoms with Gasteiger partial charge in [-0.3, -0.25) is 4.98 Å². The first-order valence-corrected chi connectivity index (χ1v) is 6.66. The Morgan fingerprint density at radius 1 is 1.33 bits per heavy atom. The summed E-state index contributed by atoms with van der Waals surface area (Å²) in [7, 11) is 0. The van der Waals surface area contributed by atoms with Gasteiger partial charge in [0, 0.05) is 13.4 Å². The van der Waals surface area contributed by atoms with Gasteiger partial charge in [0.05, 0.1) is 11.2 Å². The molecule has 0 unspecified atom stereocenters. The van der Waals surface area contributed by atoms with Crippen molar-refractivity contribution in [3.8, 4) is 5.75 Å². The molecule has 0 aliphatic heterocycles. The number of alkyl halides is 3. The van der Waals surface area contributed by atoms with Crippen molar-refractivity contribution in [2.75, 3.05) is 0 Å². The van der Waals surface area contributed by atoms with Gasteiger partial charge in [-0.25, -0.2) is 0 Å². The summed E-state index contributed by atoms with van der Waals surface area (Å²) in [6, 6.07) is 4.08. The Morgan fingerprint density at radius 2 is 2.00 bits per heavy atom. The Kier molecular flexibility index (Phi) is 3.72. The highest BCUT2D eigenvalue weighted by Crippen LogP contribution is 2.33. The molecule has 7 heteroatoms. The first-order valence-electron chi connectivity index (χ1n) is 4.79. The van der Waals surface area contributed by atoms with Crippen LogP contribution in [0, 0.1) is 10.5 Å². The minimum absolute atomic E-state index is 0.253.